The average molecular weight is 787 g/mol. The number of carbonyl (C=O) groups is 3. The first kappa shape index (κ1) is 38.9. The number of pyridine rings is 1. The fraction of sp³-hybridized carbons (Fsp3) is 0.463. The number of fused-ring (bicyclic) bond motifs is 3. The van der Waals surface area contributed by atoms with Crippen LogP contribution in [0.2, 0.25) is 0 Å². The van der Waals surface area contributed by atoms with E-state index in [0.29, 0.717) is 66.6 Å². The molecule has 2 saturated carbocycles. The number of sulfonamides is 1. The number of methoxy groups -OCH3 is 1. The zero-order valence-corrected chi connectivity index (χ0v) is 33.1. The Labute approximate surface area is 327 Å². The van der Waals surface area contributed by atoms with Crippen molar-refractivity contribution in [2.45, 2.75) is 94.3 Å². The van der Waals surface area contributed by atoms with Gasteiger partial charge >= 0.3 is 12.1 Å². The molecule has 0 radical (unpaired) electrons. The van der Waals surface area contributed by atoms with Crippen LogP contribution in [0.5, 0.6) is 11.5 Å². The number of allylic oxidation sites excluding steroid dienone is 1. The van der Waals surface area contributed by atoms with Crippen LogP contribution in [0.15, 0.2) is 79.0 Å². The Bertz CT molecular complexity index is 2150. The third-order valence-corrected chi connectivity index (χ3v) is 12.4. The first-order valence-electron chi connectivity index (χ1n) is 19.1. The topological polar surface area (TPSA) is 168 Å². The number of hydrazine groups is 1. The van der Waals surface area contributed by atoms with Crippen LogP contribution >= 0.6 is 0 Å². The standard InChI is InChI=1S/C41H50N6O8S/c1-26(45-56(51,52)31-17-18-31)41-24-28(41)15-11-6-7-12-20-47(44-38(49)55-40(2,3)4)39(50)46-25-30(22-35(46)37(48)43-41)54-36-23-33(27-13-9-8-10-14-27)42-34-21-29(53-5)16-19-32(34)36/h8-11,13-16,19,21,23,28,30-31,35,45H,1,6-7,12,17-18,20,22,24-25H2,2-5H3,(H,43,48)(H,44,49)/b15-11-/t28-,30?,35+,41-/m1/s1. The van der Waals surface area contributed by atoms with Crippen molar-refractivity contribution in [3.05, 3.63) is 79.0 Å². The summed E-state index contributed by atoms with van der Waals surface area (Å²) in [4.78, 5) is 48.4. The maximum Gasteiger partial charge on any atom is 0.426 e. The van der Waals surface area contributed by atoms with E-state index in [1.165, 1.54) is 9.91 Å². The van der Waals surface area contributed by atoms with Gasteiger partial charge in [0.15, 0.2) is 0 Å². The van der Waals surface area contributed by atoms with Crippen LogP contribution in [-0.2, 0) is 19.6 Å². The second-order valence-electron chi connectivity index (χ2n) is 16.0. The fourth-order valence-electron chi connectivity index (χ4n) is 7.35. The van der Waals surface area contributed by atoms with Crippen molar-refractivity contribution < 1.29 is 37.0 Å². The first-order chi connectivity index (χ1) is 26.7. The zero-order chi connectivity index (χ0) is 39.8. The summed E-state index contributed by atoms with van der Waals surface area (Å²) in [6.45, 7) is 9.49. The number of ether oxygens (including phenoxy) is 3. The molecule has 14 nitrogen and oxygen atoms in total. The molecule has 0 bridgehead atoms. The van der Waals surface area contributed by atoms with Crippen molar-refractivity contribution >= 4 is 39.0 Å². The molecule has 4 aliphatic rings. The number of rotatable bonds is 9. The normalized spacial score (nSPS) is 24.9. The minimum absolute atomic E-state index is 0.00957. The summed E-state index contributed by atoms with van der Waals surface area (Å²) in [6.07, 6.45) is 6.18. The number of hydrogen-bond acceptors (Lipinski definition) is 9. The Morgan fingerprint density at radius 2 is 1.84 bits per heavy atom. The van der Waals surface area contributed by atoms with Crippen molar-refractivity contribution in [1.29, 1.82) is 0 Å². The molecule has 0 spiro atoms. The molecule has 1 saturated heterocycles. The van der Waals surface area contributed by atoms with Crippen LogP contribution in [0, 0.1) is 5.92 Å². The van der Waals surface area contributed by atoms with Gasteiger partial charge in [-0.3, -0.25) is 9.52 Å². The number of nitrogens with one attached hydrogen (secondary N) is 3. The summed E-state index contributed by atoms with van der Waals surface area (Å²) in [5, 5.41) is 4.56. The zero-order valence-electron chi connectivity index (χ0n) is 32.2. The van der Waals surface area contributed by atoms with Gasteiger partial charge in [-0.25, -0.2) is 33.4 Å². The smallest absolute Gasteiger partial charge is 0.426 e. The minimum atomic E-state index is -3.65. The summed E-state index contributed by atoms with van der Waals surface area (Å²) in [6, 6.07) is 15.4. The van der Waals surface area contributed by atoms with E-state index in [-0.39, 0.29) is 31.1 Å². The SMILES string of the molecule is C=C(NS(=O)(=O)C1CC1)[C@]12C[C@H]1/C=C\CCCCN(NC(=O)OC(C)(C)C)C(=O)N1CC(Oc3cc(-c4ccccc4)nc4cc(OC)ccc34)C[C@H]1C(=O)N2. The molecule has 1 aromatic heterocycles. The van der Waals surface area contributed by atoms with Crippen LogP contribution in [0.1, 0.15) is 65.7 Å². The molecule has 298 valence electrons. The van der Waals surface area contributed by atoms with Gasteiger partial charge in [0.1, 0.15) is 29.2 Å². The Kier molecular flexibility index (Phi) is 10.7. The van der Waals surface area contributed by atoms with Crippen LogP contribution < -0.4 is 24.9 Å². The van der Waals surface area contributed by atoms with E-state index in [0.717, 1.165) is 5.56 Å². The lowest BCUT2D eigenvalue weighted by Gasteiger charge is -2.33. The molecular formula is C41H50N6O8S. The first-order valence-corrected chi connectivity index (χ1v) is 20.7. The van der Waals surface area contributed by atoms with Crippen molar-refractivity contribution in [3.63, 3.8) is 0 Å². The van der Waals surface area contributed by atoms with Crippen molar-refractivity contribution in [2.24, 2.45) is 5.92 Å². The molecule has 2 aliphatic carbocycles. The van der Waals surface area contributed by atoms with Gasteiger partial charge in [-0.2, -0.15) is 0 Å². The van der Waals surface area contributed by atoms with Gasteiger partial charge in [0, 0.05) is 47.7 Å². The molecule has 3 fully saturated rings. The van der Waals surface area contributed by atoms with Crippen molar-refractivity contribution in [2.75, 3.05) is 20.2 Å². The minimum Gasteiger partial charge on any atom is -0.497 e. The van der Waals surface area contributed by atoms with Crippen LogP contribution in [0.25, 0.3) is 22.2 Å². The summed E-state index contributed by atoms with van der Waals surface area (Å²) in [5.41, 5.74) is 3.11. The maximum atomic E-state index is 14.5. The third-order valence-electron chi connectivity index (χ3n) is 10.5. The fourth-order valence-corrected chi connectivity index (χ4v) is 8.80. The second kappa shape index (κ2) is 15.3. The monoisotopic (exact) mass is 786 g/mol. The van der Waals surface area contributed by atoms with E-state index < -0.39 is 56.6 Å². The molecule has 3 aromatic rings. The lowest BCUT2D eigenvalue weighted by molar-refractivity contribution is -0.125. The van der Waals surface area contributed by atoms with Gasteiger partial charge in [0.05, 0.1) is 35.7 Å². The van der Waals surface area contributed by atoms with Gasteiger partial charge < -0.3 is 24.4 Å². The van der Waals surface area contributed by atoms with Gasteiger partial charge in [-0.05, 0) is 71.4 Å². The molecule has 56 heavy (non-hydrogen) atoms. The van der Waals surface area contributed by atoms with E-state index in [2.05, 4.69) is 22.0 Å². The Morgan fingerprint density at radius 3 is 2.55 bits per heavy atom. The second-order valence-corrected chi connectivity index (χ2v) is 17.9. The van der Waals surface area contributed by atoms with Gasteiger partial charge in [0.25, 0.3) is 0 Å². The predicted octanol–water partition coefficient (Wildman–Crippen LogP) is 5.80. The molecular weight excluding hydrogens is 737 g/mol. The number of hydrogen-bond donors (Lipinski definition) is 3. The van der Waals surface area contributed by atoms with E-state index in [9.17, 15) is 22.8 Å². The molecule has 2 aliphatic heterocycles. The number of carbonyl (C=O) groups excluding carboxylic acids is 3. The number of nitrogens with zero attached hydrogens (tertiary/aromatic N) is 3. The Balaban J connectivity index is 1.22. The lowest BCUT2D eigenvalue weighted by Crippen LogP contribution is -2.58. The summed E-state index contributed by atoms with van der Waals surface area (Å²) in [7, 11) is -2.07. The number of amides is 4. The summed E-state index contributed by atoms with van der Waals surface area (Å²) < 4.78 is 46.4. The molecule has 7 rings (SSSR count). The van der Waals surface area contributed by atoms with Crippen molar-refractivity contribution in [3.8, 4) is 22.8 Å². The molecule has 1 unspecified atom stereocenters. The Morgan fingerprint density at radius 1 is 1.07 bits per heavy atom. The number of benzene rings is 2. The highest BCUT2D eigenvalue weighted by Gasteiger charge is 2.59. The van der Waals surface area contributed by atoms with E-state index in [4.69, 9.17) is 19.2 Å². The van der Waals surface area contributed by atoms with Gasteiger partial charge in [0.2, 0.25) is 15.9 Å². The predicted molar refractivity (Wildman–Crippen MR) is 211 cm³/mol. The van der Waals surface area contributed by atoms with E-state index >= 15 is 0 Å². The van der Waals surface area contributed by atoms with E-state index in [1.807, 2.05) is 66.7 Å². The number of urea groups is 1. The van der Waals surface area contributed by atoms with Crippen LogP contribution in [0.3, 0.4) is 0 Å². The van der Waals surface area contributed by atoms with Gasteiger partial charge in [-0.15, -0.1) is 0 Å². The lowest BCUT2D eigenvalue weighted by atomic mass is 10.1. The molecule has 4 amide bonds. The average Bonchev–Trinajstić information content (AvgIpc) is 4.08. The molecule has 3 heterocycles. The highest BCUT2D eigenvalue weighted by atomic mass is 32.2. The third kappa shape index (κ3) is 8.57. The number of aromatic nitrogens is 1. The summed E-state index contributed by atoms with van der Waals surface area (Å²) >= 11 is 0. The molecule has 3 N–H and O–H groups in total. The molecule has 2 aromatic carbocycles. The quantitative estimate of drug-likeness (QED) is 0.227. The molecule has 15 heteroatoms. The largest absolute Gasteiger partial charge is 0.497 e. The highest BCUT2D eigenvalue weighted by Crippen LogP contribution is 2.50. The van der Waals surface area contributed by atoms with E-state index in [1.54, 1.807) is 27.9 Å². The van der Waals surface area contributed by atoms with Gasteiger partial charge in [-0.1, -0.05) is 49.1 Å². The molecule has 4 atom stereocenters. The highest BCUT2D eigenvalue weighted by molar-refractivity contribution is 7.90. The van der Waals surface area contributed by atoms with Crippen LogP contribution in [0.4, 0.5) is 9.59 Å². The summed E-state index contributed by atoms with van der Waals surface area (Å²) in [5.74, 6) is 0.454. The van der Waals surface area contributed by atoms with Crippen LogP contribution in [-0.4, -0.2) is 90.1 Å². The van der Waals surface area contributed by atoms with Crippen molar-refractivity contribution in [1.82, 2.24) is 30.4 Å². The maximum absolute atomic E-state index is 14.5. The Hall–Kier alpha value is -5.31.